The number of hydrogen-bond donors (Lipinski definition) is 2. The number of aliphatic imine (C=N–C) groups is 1. The molecule has 0 unspecified atom stereocenters. The molecule has 0 saturated heterocycles. The fourth-order valence-electron chi connectivity index (χ4n) is 2.96. The van der Waals surface area contributed by atoms with Gasteiger partial charge in [-0.2, -0.15) is 5.10 Å². The average Bonchev–Trinajstić information content (AvgIpc) is 2.99. The zero-order valence-electron chi connectivity index (χ0n) is 17.8. The molecular weight excluding hydrogens is 547 g/mol. The van der Waals surface area contributed by atoms with Crippen LogP contribution in [0.2, 0.25) is 0 Å². The van der Waals surface area contributed by atoms with Crippen molar-refractivity contribution in [3.8, 4) is 0 Å². The zero-order chi connectivity index (χ0) is 20.8. The molecule has 0 atom stereocenters. The zero-order valence-corrected chi connectivity index (χ0v) is 21.7. The molecule has 160 valence electrons. The molecule has 2 N–H and O–H groups in total. The Morgan fingerprint density at radius 3 is 2.69 bits per heavy atom. The molecule has 9 heteroatoms. The summed E-state index contributed by atoms with van der Waals surface area (Å²) < 4.78 is 2.76. The van der Waals surface area contributed by atoms with Crippen LogP contribution in [0.1, 0.15) is 36.6 Å². The second kappa shape index (κ2) is 11.5. The molecule has 29 heavy (non-hydrogen) atoms. The number of hydrogen-bond acceptors (Lipinski definition) is 3. The maximum absolute atomic E-state index is 12.3. The molecule has 1 amide bonds. The first-order chi connectivity index (χ1) is 13.2. The predicted molar refractivity (Wildman–Crippen MR) is 133 cm³/mol. The number of aryl methyl sites for hydroxylation is 2. The van der Waals surface area contributed by atoms with Gasteiger partial charge in [0.2, 0.25) is 5.91 Å². The maximum atomic E-state index is 12.3. The summed E-state index contributed by atoms with van der Waals surface area (Å²) in [6.07, 6.45) is 2.03. The van der Waals surface area contributed by atoms with E-state index in [4.69, 9.17) is 0 Å². The van der Waals surface area contributed by atoms with Crippen LogP contribution >= 0.6 is 39.9 Å². The van der Waals surface area contributed by atoms with E-state index in [2.05, 4.69) is 50.5 Å². The molecule has 2 aromatic rings. The van der Waals surface area contributed by atoms with Crippen LogP contribution in [0.3, 0.4) is 0 Å². The summed E-state index contributed by atoms with van der Waals surface area (Å²) in [6, 6.07) is 5.80. The van der Waals surface area contributed by atoms with Crippen molar-refractivity contribution in [2.24, 2.45) is 12.0 Å². The molecule has 7 nitrogen and oxygen atoms in total. The van der Waals surface area contributed by atoms with E-state index in [9.17, 15) is 4.79 Å². The number of benzene rings is 1. The summed E-state index contributed by atoms with van der Waals surface area (Å²) in [4.78, 5) is 18.6. The van der Waals surface area contributed by atoms with Gasteiger partial charge in [-0.25, -0.2) is 0 Å². The first-order valence-corrected chi connectivity index (χ1v) is 10.0. The van der Waals surface area contributed by atoms with Crippen molar-refractivity contribution in [2.45, 2.75) is 33.2 Å². The van der Waals surface area contributed by atoms with Crippen LogP contribution in [-0.2, 0) is 18.4 Å². The molecule has 0 aliphatic rings. The van der Waals surface area contributed by atoms with Gasteiger partial charge in [0.15, 0.2) is 5.96 Å². The Balaban J connectivity index is 0.00000420. The van der Waals surface area contributed by atoms with Crippen molar-refractivity contribution < 1.29 is 4.79 Å². The monoisotopic (exact) mass is 576 g/mol. The molecule has 0 aliphatic carbocycles. The normalized spacial score (nSPS) is 11.2. The summed E-state index contributed by atoms with van der Waals surface area (Å²) in [5.74, 6) is 0.874. The smallest absolute Gasteiger partial charge is 0.243 e. The minimum absolute atomic E-state index is 0. The van der Waals surface area contributed by atoms with Crippen LogP contribution in [0.25, 0.3) is 0 Å². The van der Waals surface area contributed by atoms with Gasteiger partial charge in [0, 0.05) is 49.6 Å². The highest BCUT2D eigenvalue weighted by Gasteiger charge is 2.15. The fraction of sp³-hybridized carbons (Fsp3) is 0.450. The Hall–Kier alpha value is -1.62. The van der Waals surface area contributed by atoms with Gasteiger partial charge in [0.25, 0.3) is 0 Å². The summed E-state index contributed by atoms with van der Waals surface area (Å²) in [5, 5.41) is 10.6. The number of carbonyl (C=O) groups excluding carboxylic acids is 1. The quantitative estimate of drug-likeness (QED) is 0.311. The van der Waals surface area contributed by atoms with Gasteiger partial charge in [0.1, 0.15) is 0 Å². The highest BCUT2D eigenvalue weighted by molar-refractivity contribution is 14.0. The first kappa shape index (κ1) is 25.4. The van der Waals surface area contributed by atoms with E-state index in [1.807, 2.05) is 55.0 Å². The third-order valence-corrected chi connectivity index (χ3v) is 4.84. The van der Waals surface area contributed by atoms with Crippen molar-refractivity contribution in [3.05, 3.63) is 45.7 Å². The van der Waals surface area contributed by atoms with Gasteiger partial charge < -0.3 is 15.5 Å². The number of nitrogens with one attached hydrogen (secondary N) is 2. The van der Waals surface area contributed by atoms with Gasteiger partial charge in [-0.1, -0.05) is 35.8 Å². The standard InChI is InChI=1S/C20H29BrN6O.HI/c1-13(2)19-15(12-27(6)25-19)11-26(5)20(22-4)23-10-18(28)24-17-9-16(21)8-7-14(17)3;/h7-9,12-13H,10-11H2,1-6H3,(H,22,23)(H,24,28);1H. The third kappa shape index (κ3) is 7.29. The highest BCUT2D eigenvalue weighted by Crippen LogP contribution is 2.20. The molecule has 0 saturated carbocycles. The second-order valence-electron chi connectivity index (χ2n) is 7.13. The molecule has 0 radical (unpaired) electrons. The molecule has 1 heterocycles. The summed E-state index contributed by atoms with van der Waals surface area (Å²) in [7, 11) is 5.58. The van der Waals surface area contributed by atoms with Gasteiger partial charge in [0.05, 0.1) is 12.2 Å². The number of halogens is 2. The summed E-state index contributed by atoms with van der Waals surface area (Å²) in [5.41, 5.74) is 4.03. The number of aromatic nitrogens is 2. The van der Waals surface area contributed by atoms with Crippen LogP contribution in [0.4, 0.5) is 5.69 Å². The number of amides is 1. The lowest BCUT2D eigenvalue weighted by atomic mass is 10.1. The van der Waals surface area contributed by atoms with Crippen LogP contribution < -0.4 is 10.6 Å². The molecule has 0 spiro atoms. The van der Waals surface area contributed by atoms with E-state index in [0.29, 0.717) is 18.4 Å². The molecule has 0 fully saturated rings. The molecule has 2 rings (SSSR count). The molecule has 1 aromatic heterocycles. The maximum Gasteiger partial charge on any atom is 0.243 e. The van der Waals surface area contributed by atoms with E-state index in [0.717, 1.165) is 27.0 Å². The topological polar surface area (TPSA) is 74.6 Å². The Kier molecular flexibility index (Phi) is 10.1. The predicted octanol–water partition coefficient (Wildman–Crippen LogP) is 3.88. The summed E-state index contributed by atoms with van der Waals surface area (Å²) in [6.45, 7) is 7.02. The Morgan fingerprint density at radius 2 is 2.07 bits per heavy atom. The van der Waals surface area contributed by atoms with E-state index < -0.39 is 0 Å². The van der Waals surface area contributed by atoms with Crippen LogP contribution in [-0.4, -0.2) is 47.2 Å². The lowest BCUT2D eigenvalue weighted by Crippen LogP contribution is -2.42. The Bertz CT molecular complexity index is 865. The van der Waals surface area contributed by atoms with E-state index in [-0.39, 0.29) is 36.4 Å². The highest BCUT2D eigenvalue weighted by atomic mass is 127. The van der Waals surface area contributed by atoms with E-state index >= 15 is 0 Å². The average molecular weight is 577 g/mol. The minimum Gasteiger partial charge on any atom is -0.347 e. The van der Waals surface area contributed by atoms with Crippen LogP contribution in [0, 0.1) is 6.92 Å². The van der Waals surface area contributed by atoms with Gasteiger partial charge in [-0.15, -0.1) is 24.0 Å². The first-order valence-electron chi connectivity index (χ1n) is 9.21. The molecular formula is C20H30BrIN6O. The minimum atomic E-state index is -0.125. The van der Waals surface area contributed by atoms with Gasteiger partial charge >= 0.3 is 0 Å². The summed E-state index contributed by atoms with van der Waals surface area (Å²) >= 11 is 3.43. The van der Waals surface area contributed by atoms with Gasteiger partial charge in [-0.05, 0) is 30.5 Å². The fourth-order valence-corrected chi connectivity index (χ4v) is 3.32. The van der Waals surface area contributed by atoms with Gasteiger partial charge in [-0.3, -0.25) is 14.5 Å². The lowest BCUT2D eigenvalue weighted by molar-refractivity contribution is -0.115. The van der Waals surface area contributed by atoms with Crippen LogP contribution in [0.5, 0.6) is 0 Å². The largest absolute Gasteiger partial charge is 0.347 e. The number of anilines is 1. The van der Waals surface area contributed by atoms with Crippen LogP contribution in [0.15, 0.2) is 33.9 Å². The van der Waals surface area contributed by atoms with Crippen molar-refractivity contribution in [3.63, 3.8) is 0 Å². The van der Waals surface area contributed by atoms with Crippen molar-refractivity contribution in [1.82, 2.24) is 20.0 Å². The second-order valence-corrected chi connectivity index (χ2v) is 8.05. The van der Waals surface area contributed by atoms with Crippen molar-refractivity contribution in [1.29, 1.82) is 0 Å². The number of carbonyl (C=O) groups is 1. The number of guanidine groups is 1. The third-order valence-electron chi connectivity index (χ3n) is 4.35. The molecule has 0 aliphatic heterocycles. The number of rotatable bonds is 6. The Labute approximate surface area is 198 Å². The molecule has 0 bridgehead atoms. The van der Waals surface area contributed by atoms with E-state index in [1.54, 1.807) is 7.05 Å². The van der Waals surface area contributed by atoms with Crippen molar-refractivity contribution in [2.75, 3.05) is 26.0 Å². The lowest BCUT2D eigenvalue weighted by Gasteiger charge is -2.22. The number of nitrogens with zero attached hydrogens (tertiary/aromatic N) is 4. The molecule has 1 aromatic carbocycles. The SMILES string of the molecule is CN=C(NCC(=O)Nc1cc(Br)ccc1C)N(C)Cc1cn(C)nc1C(C)C.I. The Morgan fingerprint density at radius 1 is 1.38 bits per heavy atom. The van der Waals surface area contributed by atoms with E-state index in [1.165, 1.54) is 0 Å². The van der Waals surface area contributed by atoms with Crippen molar-refractivity contribution >= 4 is 57.5 Å².